The maximum absolute atomic E-state index is 13.8. The minimum Gasteiger partial charge on any atom is -0.491 e. The van der Waals surface area contributed by atoms with Crippen molar-refractivity contribution >= 4 is 34.8 Å². The van der Waals surface area contributed by atoms with Gasteiger partial charge in [0.2, 0.25) is 5.91 Å². The molecule has 37 heavy (non-hydrogen) atoms. The first-order valence-corrected chi connectivity index (χ1v) is 14.1. The summed E-state index contributed by atoms with van der Waals surface area (Å²) in [6, 6.07) is 15.1. The van der Waals surface area contributed by atoms with Crippen LogP contribution in [0.2, 0.25) is 5.02 Å². The van der Waals surface area contributed by atoms with Crippen LogP contribution in [-0.2, 0) is 11.2 Å². The zero-order valence-corrected chi connectivity index (χ0v) is 23.6. The molecule has 1 atom stereocenters. The van der Waals surface area contributed by atoms with Crippen molar-refractivity contribution < 1.29 is 14.3 Å². The molecule has 7 heteroatoms. The molecule has 1 aliphatic rings. The summed E-state index contributed by atoms with van der Waals surface area (Å²) in [4.78, 5) is 32.2. The molecular weight excluding hydrogens is 504 g/mol. The average molecular weight is 539 g/mol. The molecule has 2 aromatic carbocycles. The minimum atomic E-state index is -0.209. The molecule has 0 bridgehead atoms. The van der Waals surface area contributed by atoms with Crippen molar-refractivity contribution in [2.45, 2.75) is 46.6 Å². The first-order valence-electron chi connectivity index (χ1n) is 12.8. The van der Waals surface area contributed by atoms with Crippen LogP contribution in [0.3, 0.4) is 0 Å². The van der Waals surface area contributed by atoms with E-state index in [2.05, 4.69) is 25.3 Å². The molecule has 1 aromatic heterocycles. The number of halogens is 1. The predicted octanol–water partition coefficient (Wildman–Crippen LogP) is 6.71. The van der Waals surface area contributed by atoms with Gasteiger partial charge in [0, 0.05) is 28.6 Å². The SMILES string of the molecule is Cc1cc(OC[C@@H]2c3ccsc3CCN2C(=O)CN(CCC(C)C)C(=O)c2ccccc2C)ccc1Cl. The normalized spacial score (nSPS) is 15.0. The van der Waals surface area contributed by atoms with E-state index in [1.165, 1.54) is 4.88 Å². The van der Waals surface area contributed by atoms with Gasteiger partial charge in [-0.05, 0) is 85.0 Å². The van der Waals surface area contributed by atoms with Crippen molar-refractivity contribution in [2.75, 3.05) is 26.2 Å². The van der Waals surface area contributed by atoms with E-state index in [4.69, 9.17) is 16.3 Å². The molecule has 0 saturated carbocycles. The van der Waals surface area contributed by atoms with Crippen LogP contribution >= 0.6 is 22.9 Å². The predicted molar refractivity (Wildman–Crippen MR) is 151 cm³/mol. The van der Waals surface area contributed by atoms with Crippen molar-refractivity contribution in [3.05, 3.63) is 86.1 Å². The largest absolute Gasteiger partial charge is 0.491 e. The molecule has 0 aliphatic carbocycles. The third kappa shape index (κ3) is 6.55. The monoisotopic (exact) mass is 538 g/mol. The molecule has 0 spiro atoms. The second-order valence-electron chi connectivity index (χ2n) is 10.1. The fraction of sp³-hybridized carbons (Fsp3) is 0.400. The van der Waals surface area contributed by atoms with Crippen molar-refractivity contribution in [1.82, 2.24) is 9.80 Å². The van der Waals surface area contributed by atoms with Gasteiger partial charge in [0.1, 0.15) is 18.9 Å². The number of thiophene rings is 1. The number of amides is 2. The lowest BCUT2D eigenvalue weighted by molar-refractivity contribution is -0.135. The number of ether oxygens (including phenoxy) is 1. The average Bonchev–Trinajstić information content (AvgIpc) is 3.36. The van der Waals surface area contributed by atoms with E-state index in [1.807, 2.05) is 61.2 Å². The van der Waals surface area contributed by atoms with E-state index in [0.717, 1.165) is 35.3 Å². The molecule has 2 heterocycles. The Balaban J connectivity index is 1.54. The van der Waals surface area contributed by atoms with E-state index in [1.54, 1.807) is 16.2 Å². The van der Waals surface area contributed by atoms with Crippen LogP contribution in [0.25, 0.3) is 0 Å². The molecule has 2 amide bonds. The quantitative estimate of drug-likeness (QED) is 0.304. The molecule has 5 nitrogen and oxygen atoms in total. The van der Waals surface area contributed by atoms with Crippen LogP contribution in [0, 0.1) is 19.8 Å². The first-order chi connectivity index (χ1) is 17.7. The lowest BCUT2D eigenvalue weighted by atomic mass is 10.00. The highest BCUT2D eigenvalue weighted by Crippen LogP contribution is 2.34. The summed E-state index contributed by atoms with van der Waals surface area (Å²) < 4.78 is 6.18. The summed E-state index contributed by atoms with van der Waals surface area (Å²) in [5, 5.41) is 2.77. The van der Waals surface area contributed by atoms with Crippen LogP contribution < -0.4 is 4.74 Å². The van der Waals surface area contributed by atoms with Crippen LogP contribution in [0.1, 0.15) is 58.2 Å². The number of rotatable bonds is 9. The van der Waals surface area contributed by atoms with E-state index in [-0.39, 0.29) is 24.4 Å². The van der Waals surface area contributed by atoms with Gasteiger partial charge in [0.15, 0.2) is 0 Å². The highest BCUT2D eigenvalue weighted by molar-refractivity contribution is 7.10. The summed E-state index contributed by atoms with van der Waals surface area (Å²) in [6.45, 7) is 9.68. The van der Waals surface area contributed by atoms with Gasteiger partial charge in [0.25, 0.3) is 5.91 Å². The highest BCUT2D eigenvalue weighted by atomic mass is 35.5. The molecule has 0 N–H and O–H groups in total. The van der Waals surface area contributed by atoms with Crippen molar-refractivity contribution in [1.29, 1.82) is 0 Å². The molecule has 196 valence electrons. The van der Waals surface area contributed by atoms with E-state index < -0.39 is 0 Å². The minimum absolute atomic E-state index is 0.0515. The molecule has 0 saturated heterocycles. The van der Waals surface area contributed by atoms with Gasteiger partial charge in [-0.3, -0.25) is 9.59 Å². The zero-order chi connectivity index (χ0) is 26.5. The lowest BCUT2D eigenvalue weighted by Gasteiger charge is -2.37. The van der Waals surface area contributed by atoms with Crippen LogP contribution in [0.4, 0.5) is 0 Å². The zero-order valence-electron chi connectivity index (χ0n) is 22.0. The summed E-state index contributed by atoms with van der Waals surface area (Å²) in [5.41, 5.74) is 3.65. The summed E-state index contributed by atoms with van der Waals surface area (Å²) in [6.07, 6.45) is 1.65. The number of aryl methyl sites for hydroxylation is 2. The Morgan fingerprint density at radius 3 is 2.65 bits per heavy atom. The van der Waals surface area contributed by atoms with Gasteiger partial charge in [-0.25, -0.2) is 0 Å². The Hall–Kier alpha value is -2.83. The highest BCUT2D eigenvalue weighted by Gasteiger charge is 2.33. The Morgan fingerprint density at radius 1 is 1.14 bits per heavy atom. The first kappa shape index (κ1) is 27.2. The van der Waals surface area contributed by atoms with Crippen molar-refractivity contribution in [2.24, 2.45) is 5.92 Å². The van der Waals surface area contributed by atoms with Crippen LogP contribution in [-0.4, -0.2) is 47.9 Å². The second-order valence-corrected chi connectivity index (χ2v) is 11.5. The second kappa shape index (κ2) is 12.1. The van der Waals surface area contributed by atoms with E-state index in [9.17, 15) is 9.59 Å². The number of hydrogen-bond donors (Lipinski definition) is 0. The number of fused-ring (bicyclic) bond motifs is 1. The molecular formula is C30H35ClN2O3S. The Bertz CT molecular complexity index is 1260. The van der Waals surface area contributed by atoms with Gasteiger partial charge in [-0.1, -0.05) is 43.6 Å². The Kier molecular flexibility index (Phi) is 8.93. The summed E-state index contributed by atoms with van der Waals surface area (Å²) in [7, 11) is 0. The molecule has 1 aliphatic heterocycles. The van der Waals surface area contributed by atoms with E-state index >= 15 is 0 Å². The number of carbonyl (C=O) groups excluding carboxylic acids is 2. The number of hydrogen-bond acceptors (Lipinski definition) is 4. The third-order valence-electron chi connectivity index (χ3n) is 6.92. The Labute approximate surface area is 229 Å². The fourth-order valence-electron chi connectivity index (χ4n) is 4.66. The molecule has 4 rings (SSSR count). The Morgan fingerprint density at radius 2 is 1.92 bits per heavy atom. The van der Waals surface area contributed by atoms with Gasteiger partial charge in [-0.2, -0.15) is 0 Å². The number of nitrogens with zero attached hydrogens (tertiary/aromatic N) is 2. The number of benzene rings is 2. The number of carbonyl (C=O) groups is 2. The van der Waals surface area contributed by atoms with Gasteiger partial charge >= 0.3 is 0 Å². The topological polar surface area (TPSA) is 49.9 Å². The summed E-state index contributed by atoms with van der Waals surface area (Å²) >= 11 is 7.90. The standard InChI is InChI=1S/C30H35ClN2O3S/c1-20(2)11-14-32(30(35)24-8-6-5-7-21(24)3)18-29(34)33-15-12-28-25(13-16-37-28)27(33)19-36-23-9-10-26(31)22(4)17-23/h5-10,13,16-17,20,27H,11-12,14-15,18-19H2,1-4H3/t27-/m1/s1. The molecule has 3 aromatic rings. The lowest BCUT2D eigenvalue weighted by Crippen LogP contribution is -2.48. The van der Waals surface area contributed by atoms with Crippen LogP contribution in [0.5, 0.6) is 5.75 Å². The molecule has 0 radical (unpaired) electrons. The van der Waals surface area contributed by atoms with Gasteiger partial charge in [-0.15, -0.1) is 11.3 Å². The van der Waals surface area contributed by atoms with E-state index in [0.29, 0.717) is 36.2 Å². The molecule has 0 fully saturated rings. The van der Waals surface area contributed by atoms with Crippen LogP contribution in [0.15, 0.2) is 53.9 Å². The maximum Gasteiger partial charge on any atom is 0.254 e. The van der Waals surface area contributed by atoms with Gasteiger partial charge < -0.3 is 14.5 Å². The van der Waals surface area contributed by atoms with Crippen molar-refractivity contribution in [3.8, 4) is 5.75 Å². The third-order valence-corrected chi connectivity index (χ3v) is 8.34. The fourth-order valence-corrected chi connectivity index (χ4v) is 5.71. The maximum atomic E-state index is 13.8. The van der Waals surface area contributed by atoms with Gasteiger partial charge in [0.05, 0.1) is 6.04 Å². The van der Waals surface area contributed by atoms with Crippen molar-refractivity contribution in [3.63, 3.8) is 0 Å². The smallest absolute Gasteiger partial charge is 0.254 e. The summed E-state index contributed by atoms with van der Waals surface area (Å²) in [5.74, 6) is 1.01. The molecule has 0 unspecified atom stereocenters.